The highest BCUT2D eigenvalue weighted by Crippen LogP contribution is 2.38. The second-order valence-corrected chi connectivity index (χ2v) is 7.21. The van der Waals surface area contributed by atoms with Crippen molar-refractivity contribution in [3.8, 4) is 0 Å². The molecule has 0 amide bonds. The summed E-state index contributed by atoms with van der Waals surface area (Å²) < 4.78 is 0. The molecule has 24 heavy (non-hydrogen) atoms. The summed E-state index contributed by atoms with van der Waals surface area (Å²) >= 11 is 0. The molecule has 2 aromatic rings. The van der Waals surface area contributed by atoms with Crippen LogP contribution in [0.15, 0.2) is 36.8 Å². The Morgan fingerprint density at radius 2 is 2.12 bits per heavy atom. The van der Waals surface area contributed by atoms with Gasteiger partial charge in [-0.2, -0.15) is 0 Å². The van der Waals surface area contributed by atoms with Crippen molar-refractivity contribution in [2.75, 3.05) is 31.6 Å². The van der Waals surface area contributed by atoms with Crippen LogP contribution in [0.3, 0.4) is 0 Å². The first-order valence-electron chi connectivity index (χ1n) is 8.93. The highest BCUT2D eigenvalue weighted by atomic mass is 15.2. The first-order valence-corrected chi connectivity index (χ1v) is 8.93. The lowest BCUT2D eigenvalue weighted by atomic mass is 10.1. The summed E-state index contributed by atoms with van der Waals surface area (Å²) in [6, 6.07) is 6.21. The molecule has 2 aromatic heterocycles. The van der Waals surface area contributed by atoms with Crippen molar-refractivity contribution in [2.24, 2.45) is 5.92 Å². The zero-order valence-electron chi connectivity index (χ0n) is 14.3. The van der Waals surface area contributed by atoms with Gasteiger partial charge in [-0.3, -0.25) is 4.98 Å². The molecule has 4 rings (SSSR count). The van der Waals surface area contributed by atoms with Crippen LogP contribution in [0.5, 0.6) is 0 Å². The standard InChI is InChI=1S/C19H25N5/c1-23(12-15-3-2-8-20-11-15)13-16-7-10-24(14-16)18-6-9-21-19(22-18)17-4-5-17/h2-3,6,8-9,11,16-17H,4-5,7,10,12-14H2,1H3/t16-/m1/s1. The summed E-state index contributed by atoms with van der Waals surface area (Å²) in [5.74, 6) is 3.48. The third-order valence-electron chi connectivity index (χ3n) is 4.96. The van der Waals surface area contributed by atoms with Crippen molar-refractivity contribution in [1.29, 1.82) is 0 Å². The van der Waals surface area contributed by atoms with Crippen molar-refractivity contribution in [3.05, 3.63) is 48.2 Å². The quantitative estimate of drug-likeness (QED) is 0.818. The van der Waals surface area contributed by atoms with Gasteiger partial charge >= 0.3 is 0 Å². The Hall–Kier alpha value is -2.01. The number of pyridine rings is 1. The van der Waals surface area contributed by atoms with Crippen molar-refractivity contribution >= 4 is 5.82 Å². The highest BCUT2D eigenvalue weighted by Gasteiger charge is 2.29. The predicted octanol–water partition coefficient (Wildman–Crippen LogP) is 2.71. The average molecular weight is 323 g/mol. The van der Waals surface area contributed by atoms with Crippen LogP contribution in [-0.4, -0.2) is 46.5 Å². The Bertz CT molecular complexity index is 670. The van der Waals surface area contributed by atoms with Crippen LogP contribution in [0, 0.1) is 5.92 Å². The van der Waals surface area contributed by atoms with Crippen molar-refractivity contribution in [1.82, 2.24) is 19.9 Å². The zero-order chi connectivity index (χ0) is 16.4. The topological polar surface area (TPSA) is 45.2 Å². The van der Waals surface area contributed by atoms with Gasteiger partial charge in [0, 0.05) is 50.7 Å². The highest BCUT2D eigenvalue weighted by molar-refractivity contribution is 5.39. The van der Waals surface area contributed by atoms with Gasteiger partial charge in [-0.25, -0.2) is 9.97 Å². The van der Waals surface area contributed by atoms with Gasteiger partial charge in [0.05, 0.1) is 0 Å². The molecule has 1 atom stereocenters. The summed E-state index contributed by atoms with van der Waals surface area (Å²) in [5.41, 5.74) is 1.28. The molecule has 0 aromatic carbocycles. The van der Waals surface area contributed by atoms with Gasteiger partial charge in [0.2, 0.25) is 0 Å². The largest absolute Gasteiger partial charge is 0.356 e. The van der Waals surface area contributed by atoms with Crippen LogP contribution in [-0.2, 0) is 6.54 Å². The number of rotatable bonds is 6. The molecule has 3 heterocycles. The minimum atomic E-state index is 0.619. The molecule has 1 aliphatic heterocycles. The Morgan fingerprint density at radius 3 is 2.92 bits per heavy atom. The first kappa shape index (κ1) is 15.5. The second kappa shape index (κ2) is 6.85. The molecule has 0 N–H and O–H groups in total. The van der Waals surface area contributed by atoms with E-state index in [1.54, 1.807) is 0 Å². The Morgan fingerprint density at radius 1 is 1.21 bits per heavy atom. The molecule has 5 heteroatoms. The molecular formula is C19H25N5. The monoisotopic (exact) mass is 323 g/mol. The fraction of sp³-hybridized carbons (Fsp3) is 0.526. The van der Waals surface area contributed by atoms with Gasteiger partial charge in [0.1, 0.15) is 11.6 Å². The van der Waals surface area contributed by atoms with Gasteiger partial charge < -0.3 is 9.80 Å². The van der Waals surface area contributed by atoms with E-state index in [2.05, 4.69) is 38.9 Å². The Kier molecular flexibility index (Phi) is 4.43. The lowest BCUT2D eigenvalue weighted by molar-refractivity contribution is 0.279. The van der Waals surface area contributed by atoms with E-state index in [0.29, 0.717) is 11.8 Å². The second-order valence-electron chi connectivity index (χ2n) is 7.21. The molecule has 0 unspecified atom stereocenters. The van der Waals surface area contributed by atoms with E-state index in [9.17, 15) is 0 Å². The normalized spacial score (nSPS) is 20.8. The van der Waals surface area contributed by atoms with E-state index >= 15 is 0 Å². The number of hydrogen-bond acceptors (Lipinski definition) is 5. The predicted molar refractivity (Wildman–Crippen MR) is 94.9 cm³/mol. The maximum absolute atomic E-state index is 4.79. The average Bonchev–Trinajstić information content (AvgIpc) is 3.36. The molecule has 0 spiro atoms. The van der Waals surface area contributed by atoms with E-state index in [-0.39, 0.29) is 0 Å². The summed E-state index contributed by atoms with van der Waals surface area (Å²) in [6.45, 7) is 4.28. The van der Waals surface area contributed by atoms with Crippen LogP contribution < -0.4 is 4.90 Å². The van der Waals surface area contributed by atoms with Crippen LogP contribution in [0.2, 0.25) is 0 Å². The molecule has 0 bridgehead atoms. The van der Waals surface area contributed by atoms with Crippen molar-refractivity contribution < 1.29 is 0 Å². The van der Waals surface area contributed by atoms with Gasteiger partial charge in [-0.15, -0.1) is 0 Å². The van der Waals surface area contributed by atoms with Gasteiger partial charge in [-0.1, -0.05) is 6.07 Å². The molecule has 0 radical (unpaired) electrons. The zero-order valence-corrected chi connectivity index (χ0v) is 14.3. The molecule has 2 fully saturated rings. The van der Waals surface area contributed by atoms with Crippen LogP contribution >= 0.6 is 0 Å². The third-order valence-corrected chi connectivity index (χ3v) is 4.96. The molecule has 5 nitrogen and oxygen atoms in total. The number of aromatic nitrogens is 3. The van der Waals surface area contributed by atoms with E-state index in [1.165, 1.54) is 24.8 Å². The molecule has 2 aliphatic rings. The first-order chi connectivity index (χ1) is 11.8. The maximum Gasteiger partial charge on any atom is 0.133 e. The lowest BCUT2D eigenvalue weighted by Crippen LogP contribution is -2.28. The smallest absolute Gasteiger partial charge is 0.133 e. The van der Waals surface area contributed by atoms with E-state index in [0.717, 1.165) is 37.8 Å². The Labute approximate surface area is 143 Å². The minimum Gasteiger partial charge on any atom is -0.356 e. The van der Waals surface area contributed by atoms with Gasteiger partial charge in [-0.05, 0) is 49.9 Å². The molecule has 126 valence electrons. The van der Waals surface area contributed by atoms with Crippen molar-refractivity contribution in [2.45, 2.75) is 31.7 Å². The minimum absolute atomic E-state index is 0.619. The van der Waals surface area contributed by atoms with Gasteiger partial charge in [0.15, 0.2) is 0 Å². The maximum atomic E-state index is 4.79. The van der Waals surface area contributed by atoms with E-state index < -0.39 is 0 Å². The van der Waals surface area contributed by atoms with Crippen molar-refractivity contribution in [3.63, 3.8) is 0 Å². The molecule has 1 saturated carbocycles. The number of nitrogens with zero attached hydrogens (tertiary/aromatic N) is 5. The number of anilines is 1. The van der Waals surface area contributed by atoms with Crippen LogP contribution in [0.1, 0.15) is 36.6 Å². The molecule has 1 aliphatic carbocycles. The summed E-state index contributed by atoms with van der Waals surface area (Å²) in [7, 11) is 2.20. The molecule has 1 saturated heterocycles. The Balaban J connectivity index is 1.32. The lowest BCUT2D eigenvalue weighted by Gasteiger charge is -2.22. The van der Waals surface area contributed by atoms with Crippen LogP contribution in [0.4, 0.5) is 5.82 Å². The SMILES string of the molecule is CN(Cc1cccnc1)C[C@H]1CCN(c2ccnc(C3CC3)n2)C1. The van der Waals surface area contributed by atoms with E-state index in [4.69, 9.17) is 4.98 Å². The van der Waals surface area contributed by atoms with E-state index in [1.807, 2.05) is 24.7 Å². The summed E-state index contributed by atoms with van der Waals surface area (Å²) in [5, 5.41) is 0. The fourth-order valence-electron chi connectivity index (χ4n) is 3.58. The molecular weight excluding hydrogens is 298 g/mol. The van der Waals surface area contributed by atoms with Crippen LogP contribution in [0.25, 0.3) is 0 Å². The fourth-order valence-corrected chi connectivity index (χ4v) is 3.58. The summed E-state index contributed by atoms with van der Waals surface area (Å²) in [4.78, 5) is 18.3. The van der Waals surface area contributed by atoms with Gasteiger partial charge in [0.25, 0.3) is 0 Å². The number of hydrogen-bond donors (Lipinski definition) is 0. The summed E-state index contributed by atoms with van der Waals surface area (Å²) in [6.07, 6.45) is 9.46. The third kappa shape index (κ3) is 3.73.